The number of nitro groups is 2. The molecule has 0 spiro atoms. The molecule has 19 heavy (non-hydrogen) atoms. The second-order valence-electron chi connectivity index (χ2n) is 3.01. The largest absolute Gasteiger partial charge is 0.301 e. The van der Waals surface area contributed by atoms with E-state index in [1.165, 1.54) is 12.1 Å². The van der Waals surface area contributed by atoms with Gasteiger partial charge in [0, 0.05) is 6.07 Å². The van der Waals surface area contributed by atoms with E-state index in [2.05, 4.69) is 10.5 Å². The number of hydrogen-bond acceptors (Lipinski definition) is 8. The van der Waals surface area contributed by atoms with Crippen LogP contribution in [0.3, 0.4) is 0 Å². The molecular weight excluding hydrogens is 256 g/mol. The SMILES string of the molecule is N#CC(C#N)=NNc1ccc([N+](=O)[O-])cc1[N+](=O)[O-]. The number of anilines is 1. The van der Waals surface area contributed by atoms with Crippen molar-refractivity contribution in [3.8, 4) is 12.1 Å². The van der Waals surface area contributed by atoms with Gasteiger partial charge in [-0.05, 0) is 6.07 Å². The highest BCUT2D eigenvalue weighted by Crippen LogP contribution is 2.28. The summed E-state index contributed by atoms with van der Waals surface area (Å²) >= 11 is 0. The lowest BCUT2D eigenvalue weighted by molar-refractivity contribution is -0.393. The summed E-state index contributed by atoms with van der Waals surface area (Å²) in [5.41, 5.74) is 0.393. The van der Waals surface area contributed by atoms with Crippen molar-refractivity contribution in [3.05, 3.63) is 38.4 Å². The molecule has 0 bridgehead atoms. The number of nitrogens with one attached hydrogen (secondary N) is 1. The fourth-order valence-corrected chi connectivity index (χ4v) is 1.07. The molecule has 0 heterocycles. The summed E-state index contributed by atoms with van der Waals surface area (Å²) in [6.07, 6.45) is 0. The third kappa shape index (κ3) is 3.21. The molecular formula is C9H4N6O4. The molecule has 0 aliphatic carbocycles. The Hall–Kier alpha value is -3.53. The van der Waals surface area contributed by atoms with Crippen LogP contribution in [0.15, 0.2) is 23.3 Å². The Kier molecular flexibility index (Phi) is 4.06. The summed E-state index contributed by atoms with van der Waals surface area (Å²) in [5, 5.41) is 41.4. The molecule has 10 heteroatoms. The number of rotatable bonds is 4. The fraction of sp³-hybridized carbons (Fsp3) is 0. The van der Waals surface area contributed by atoms with E-state index in [1.807, 2.05) is 0 Å². The van der Waals surface area contributed by atoms with Crippen molar-refractivity contribution in [3.63, 3.8) is 0 Å². The van der Waals surface area contributed by atoms with Gasteiger partial charge in [-0.3, -0.25) is 25.7 Å². The second kappa shape index (κ2) is 5.70. The number of nitrogens with zero attached hydrogens (tertiary/aromatic N) is 5. The Morgan fingerprint density at radius 2 is 1.84 bits per heavy atom. The standard InChI is InChI=1S/C9H4N6O4/c10-4-6(5-11)12-13-8-2-1-7(14(16)17)3-9(8)15(18)19/h1-3,13H. The number of hydrazone groups is 1. The minimum Gasteiger partial charge on any atom is -0.270 e. The van der Waals surface area contributed by atoms with Crippen LogP contribution in [0, 0.1) is 42.9 Å². The van der Waals surface area contributed by atoms with Gasteiger partial charge in [-0.2, -0.15) is 15.6 Å². The summed E-state index contributed by atoms with van der Waals surface area (Å²) in [5.74, 6) is 0. The summed E-state index contributed by atoms with van der Waals surface area (Å²) in [7, 11) is 0. The molecule has 0 saturated heterocycles. The Balaban J connectivity index is 3.19. The molecule has 0 aliphatic rings. The lowest BCUT2D eigenvalue weighted by Crippen LogP contribution is -2.00. The summed E-state index contributed by atoms with van der Waals surface area (Å²) in [6.45, 7) is 0. The average molecular weight is 260 g/mol. The topological polar surface area (TPSA) is 158 Å². The van der Waals surface area contributed by atoms with E-state index in [-0.39, 0.29) is 5.69 Å². The number of benzene rings is 1. The maximum absolute atomic E-state index is 10.7. The zero-order valence-corrected chi connectivity index (χ0v) is 9.10. The van der Waals surface area contributed by atoms with Gasteiger partial charge >= 0.3 is 5.69 Å². The van der Waals surface area contributed by atoms with Gasteiger partial charge < -0.3 is 0 Å². The monoisotopic (exact) mass is 260 g/mol. The molecule has 10 nitrogen and oxygen atoms in total. The lowest BCUT2D eigenvalue weighted by atomic mass is 10.2. The van der Waals surface area contributed by atoms with Crippen LogP contribution in [0.2, 0.25) is 0 Å². The maximum Gasteiger partial charge on any atom is 0.301 e. The quantitative estimate of drug-likeness (QED) is 0.485. The highest BCUT2D eigenvalue weighted by molar-refractivity contribution is 6.10. The van der Waals surface area contributed by atoms with Crippen molar-refractivity contribution in [2.24, 2.45) is 5.10 Å². The number of hydrogen-bond donors (Lipinski definition) is 1. The van der Waals surface area contributed by atoms with Crippen molar-refractivity contribution in [1.82, 2.24) is 0 Å². The predicted octanol–water partition coefficient (Wildman–Crippen LogP) is 1.32. The van der Waals surface area contributed by atoms with Crippen LogP contribution < -0.4 is 5.43 Å². The van der Waals surface area contributed by atoms with Gasteiger partial charge in [-0.1, -0.05) is 0 Å². The normalized spacial score (nSPS) is 8.74. The molecule has 94 valence electrons. The van der Waals surface area contributed by atoms with E-state index in [1.54, 1.807) is 0 Å². The van der Waals surface area contributed by atoms with Crippen LogP contribution in [-0.2, 0) is 0 Å². The van der Waals surface area contributed by atoms with Crippen LogP contribution in [0.1, 0.15) is 0 Å². The Labute approximate surface area is 105 Å². The zero-order valence-electron chi connectivity index (χ0n) is 9.10. The third-order valence-corrected chi connectivity index (χ3v) is 1.89. The van der Waals surface area contributed by atoms with Crippen molar-refractivity contribution >= 4 is 22.8 Å². The van der Waals surface area contributed by atoms with E-state index >= 15 is 0 Å². The molecule has 0 aromatic heterocycles. The first-order valence-electron chi connectivity index (χ1n) is 4.56. The molecule has 0 amide bonds. The maximum atomic E-state index is 10.7. The van der Waals surface area contributed by atoms with E-state index in [0.717, 1.165) is 18.2 Å². The lowest BCUT2D eigenvalue weighted by Gasteiger charge is -2.01. The molecule has 1 N–H and O–H groups in total. The summed E-state index contributed by atoms with van der Waals surface area (Å²) < 4.78 is 0. The summed E-state index contributed by atoms with van der Waals surface area (Å²) in [6, 6.07) is 5.74. The van der Waals surface area contributed by atoms with Crippen LogP contribution in [-0.4, -0.2) is 15.6 Å². The first kappa shape index (κ1) is 13.5. The minimum atomic E-state index is -0.844. The van der Waals surface area contributed by atoms with Crippen LogP contribution in [0.4, 0.5) is 17.1 Å². The smallest absolute Gasteiger partial charge is 0.270 e. The van der Waals surface area contributed by atoms with Gasteiger partial charge in [-0.25, -0.2) is 0 Å². The van der Waals surface area contributed by atoms with Gasteiger partial charge in [-0.15, -0.1) is 0 Å². The van der Waals surface area contributed by atoms with E-state index in [0.29, 0.717) is 0 Å². The first-order valence-corrected chi connectivity index (χ1v) is 4.56. The molecule has 0 radical (unpaired) electrons. The number of nitro benzene ring substituents is 2. The Bertz CT molecular complexity index is 638. The molecule has 1 aromatic rings. The zero-order chi connectivity index (χ0) is 14.4. The van der Waals surface area contributed by atoms with Crippen molar-refractivity contribution in [2.75, 3.05) is 5.43 Å². The van der Waals surface area contributed by atoms with Crippen molar-refractivity contribution in [2.45, 2.75) is 0 Å². The van der Waals surface area contributed by atoms with E-state index in [9.17, 15) is 20.2 Å². The molecule has 1 aromatic carbocycles. The Morgan fingerprint density at radius 1 is 1.21 bits per heavy atom. The van der Waals surface area contributed by atoms with Crippen LogP contribution in [0.25, 0.3) is 0 Å². The van der Waals surface area contributed by atoms with Crippen molar-refractivity contribution < 1.29 is 9.85 Å². The second-order valence-corrected chi connectivity index (χ2v) is 3.01. The summed E-state index contributed by atoms with van der Waals surface area (Å²) in [4.78, 5) is 19.6. The molecule has 0 fully saturated rings. The van der Waals surface area contributed by atoms with Gasteiger partial charge in [0.15, 0.2) is 0 Å². The Morgan fingerprint density at radius 3 is 2.32 bits per heavy atom. The predicted molar refractivity (Wildman–Crippen MR) is 62.0 cm³/mol. The van der Waals surface area contributed by atoms with Gasteiger partial charge in [0.1, 0.15) is 17.8 Å². The van der Waals surface area contributed by atoms with Crippen LogP contribution >= 0.6 is 0 Å². The minimum absolute atomic E-state index is 0.168. The first-order chi connectivity index (χ1) is 8.99. The van der Waals surface area contributed by atoms with E-state index < -0.39 is 26.9 Å². The molecule has 1 rings (SSSR count). The molecule has 0 atom stereocenters. The van der Waals surface area contributed by atoms with E-state index in [4.69, 9.17) is 10.5 Å². The van der Waals surface area contributed by atoms with Gasteiger partial charge in [0.25, 0.3) is 5.69 Å². The third-order valence-electron chi connectivity index (χ3n) is 1.89. The average Bonchev–Trinajstić information content (AvgIpc) is 2.39. The number of nitriles is 2. The molecule has 0 unspecified atom stereocenters. The van der Waals surface area contributed by atoms with Crippen molar-refractivity contribution in [1.29, 1.82) is 10.5 Å². The van der Waals surface area contributed by atoms with Gasteiger partial charge in [0.2, 0.25) is 5.71 Å². The highest BCUT2D eigenvalue weighted by Gasteiger charge is 2.19. The number of non-ortho nitro benzene ring substituents is 1. The molecule has 0 aliphatic heterocycles. The fourth-order valence-electron chi connectivity index (χ4n) is 1.07. The van der Waals surface area contributed by atoms with Gasteiger partial charge in [0.05, 0.1) is 15.9 Å². The highest BCUT2D eigenvalue weighted by atomic mass is 16.6. The van der Waals surface area contributed by atoms with Crippen LogP contribution in [0.5, 0.6) is 0 Å². The molecule has 0 saturated carbocycles.